The maximum Gasteiger partial charge on any atom is 0.279 e. The summed E-state index contributed by atoms with van der Waals surface area (Å²) in [5.74, 6) is 1.25. The van der Waals surface area contributed by atoms with Gasteiger partial charge >= 0.3 is 0 Å². The number of anilines is 1. The monoisotopic (exact) mass is 356 g/mol. The molecule has 2 aromatic carbocycles. The minimum Gasteiger partial charge on any atom is -0.457 e. The van der Waals surface area contributed by atoms with Crippen molar-refractivity contribution in [2.75, 3.05) is 25.5 Å². The van der Waals surface area contributed by atoms with E-state index in [0.29, 0.717) is 11.4 Å². The van der Waals surface area contributed by atoms with Gasteiger partial charge in [-0.25, -0.2) is 0 Å². The molecule has 0 aliphatic carbocycles. The molecule has 0 spiro atoms. The zero-order chi connectivity index (χ0) is 18.9. The molecule has 0 heterocycles. The minimum atomic E-state index is -0.142. The van der Waals surface area contributed by atoms with E-state index < -0.39 is 0 Å². The van der Waals surface area contributed by atoms with E-state index in [1.165, 1.54) is 0 Å². The molecule has 0 aliphatic heterocycles. The maximum atomic E-state index is 12.1. The van der Waals surface area contributed by atoms with Gasteiger partial charge in [0.05, 0.1) is 7.05 Å². The number of hydrogen-bond acceptors (Lipinski definition) is 3. The fourth-order valence-corrected chi connectivity index (χ4v) is 2.42. The lowest BCUT2D eigenvalue weighted by Gasteiger charge is -2.15. The van der Waals surface area contributed by atoms with Crippen molar-refractivity contribution in [1.29, 1.82) is 0 Å². The van der Waals surface area contributed by atoms with Crippen molar-refractivity contribution in [1.82, 2.24) is 5.32 Å². The van der Waals surface area contributed by atoms with Crippen LogP contribution in [0.3, 0.4) is 0 Å². The zero-order valence-electron chi connectivity index (χ0n) is 15.4. The summed E-state index contributed by atoms with van der Waals surface area (Å²) in [6.07, 6.45) is 0. The van der Waals surface area contributed by atoms with Crippen molar-refractivity contribution in [2.24, 2.45) is 0 Å². The number of carbonyl (C=O) groups is 2. The van der Waals surface area contributed by atoms with E-state index in [9.17, 15) is 9.59 Å². The summed E-state index contributed by atoms with van der Waals surface area (Å²) >= 11 is 0. The molecule has 0 saturated heterocycles. The highest BCUT2D eigenvalue weighted by atomic mass is 16.5. The first-order valence-electron chi connectivity index (χ1n) is 8.66. The normalized spacial score (nSPS) is 11.7. The third kappa shape index (κ3) is 6.94. The second-order valence-electron chi connectivity index (χ2n) is 6.52. The van der Waals surface area contributed by atoms with Crippen LogP contribution in [0.25, 0.3) is 0 Å². The van der Waals surface area contributed by atoms with Crippen LogP contribution in [0.1, 0.15) is 13.8 Å². The number of nitrogens with one attached hydrogen (secondary N) is 3. The Kier molecular flexibility index (Phi) is 7.17. The number of carbonyl (C=O) groups excluding carboxylic acids is 2. The molecule has 2 aromatic rings. The van der Waals surface area contributed by atoms with Gasteiger partial charge in [0.2, 0.25) is 0 Å². The van der Waals surface area contributed by atoms with Crippen LogP contribution >= 0.6 is 0 Å². The highest BCUT2D eigenvalue weighted by Crippen LogP contribution is 2.22. The third-order valence-corrected chi connectivity index (χ3v) is 3.49. The molecule has 3 N–H and O–H groups in total. The molecule has 1 atom stereocenters. The largest absolute Gasteiger partial charge is 0.457 e. The first-order valence-corrected chi connectivity index (χ1v) is 8.66. The SMILES string of the molecule is CC(C)NC(=O)C[NH+](C)CC(=O)Nc1ccc(Oc2ccccc2)cc1. The minimum absolute atomic E-state index is 0.0623. The summed E-state index contributed by atoms with van der Waals surface area (Å²) in [4.78, 5) is 24.6. The number of quaternary nitrogens is 1. The number of benzene rings is 2. The predicted octanol–water partition coefficient (Wildman–Crippen LogP) is 1.46. The Hall–Kier alpha value is -2.86. The van der Waals surface area contributed by atoms with E-state index in [4.69, 9.17) is 4.74 Å². The number of ether oxygens (including phenoxy) is 1. The first kappa shape index (κ1) is 19.5. The van der Waals surface area contributed by atoms with Crippen molar-refractivity contribution in [2.45, 2.75) is 19.9 Å². The van der Waals surface area contributed by atoms with Gasteiger partial charge in [0.1, 0.15) is 11.5 Å². The van der Waals surface area contributed by atoms with Gasteiger partial charge in [0, 0.05) is 11.7 Å². The van der Waals surface area contributed by atoms with Crippen LogP contribution in [0.5, 0.6) is 11.5 Å². The molecule has 2 rings (SSSR count). The van der Waals surface area contributed by atoms with E-state index in [2.05, 4.69) is 10.6 Å². The summed E-state index contributed by atoms with van der Waals surface area (Å²) in [6.45, 7) is 4.29. The van der Waals surface area contributed by atoms with Gasteiger partial charge in [-0.1, -0.05) is 18.2 Å². The number of hydrogen-bond donors (Lipinski definition) is 3. The van der Waals surface area contributed by atoms with Gasteiger partial charge in [-0.05, 0) is 50.2 Å². The number of rotatable bonds is 8. The smallest absolute Gasteiger partial charge is 0.279 e. The molecule has 2 amide bonds. The lowest BCUT2D eigenvalue weighted by molar-refractivity contribution is -0.862. The van der Waals surface area contributed by atoms with Crippen LogP contribution in [-0.4, -0.2) is 38.0 Å². The second kappa shape index (κ2) is 9.58. The standard InChI is InChI=1S/C20H25N3O3/c1-15(2)21-19(24)13-23(3)14-20(25)22-16-9-11-18(12-10-16)26-17-7-5-4-6-8-17/h4-12,15H,13-14H2,1-3H3,(H,21,24)(H,22,25)/p+1. The number of amides is 2. The number of para-hydroxylation sites is 1. The molecular formula is C20H26N3O3+. The van der Waals surface area contributed by atoms with E-state index in [1.54, 1.807) is 24.3 Å². The highest BCUT2D eigenvalue weighted by molar-refractivity contribution is 5.91. The number of likely N-dealkylation sites (N-methyl/N-ethyl adjacent to an activating group) is 1. The molecular weight excluding hydrogens is 330 g/mol. The molecule has 0 radical (unpaired) electrons. The van der Waals surface area contributed by atoms with Crippen molar-refractivity contribution in [3.63, 3.8) is 0 Å². The molecule has 26 heavy (non-hydrogen) atoms. The average molecular weight is 356 g/mol. The van der Waals surface area contributed by atoms with Crippen molar-refractivity contribution < 1.29 is 19.2 Å². The fourth-order valence-electron chi connectivity index (χ4n) is 2.42. The Bertz CT molecular complexity index is 715. The van der Waals surface area contributed by atoms with Crippen LogP contribution in [0.15, 0.2) is 54.6 Å². The molecule has 0 fully saturated rings. The maximum absolute atomic E-state index is 12.1. The molecule has 0 saturated carbocycles. The predicted molar refractivity (Wildman–Crippen MR) is 101 cm³/mol. The van der Waals surface area contributed by atoms with Gasteiger partial charge in [-0.3, -0.25) is 9.59 Å². The molecule has 0 aromatic heterocycles. The van der Waals surface area contributed by atoms with E-state index in [-0.39, 0.29) is 30.9 Å². The summed E-state index contributed by atoms with van der Waals surface area (Å²) in [7, 11) is 1.82. The lowest BCUT2D eigenvalue weighted by Crippen LogP contribution is -3.11. The van der Waals surface area contributed by atoms with Crippen LogP contribution in [-0.2, 0) is 9.59 Å². The molecule has 0 aliphatic rings. The summed E-state index contributed by atoms with van der Waals surface area (Å²) in [5.41, 5.74) is 0.690. The van der Waals surface area contributed by atoms with Crippen LogP contribution in [0.4, 0.5) is 5.69 Å². The quantitative estimate of drug-likeness (QED) is 0.671. The third-order valence-electron chi connectivity index (χ3n) is 3.49. The summed E-state index contributed by atoms with van der Waals surface area (Å²) < 4.78 is 5.72. The lowest BCUT2D eigenvalue weighted by atomic mass is 10.3. The van der Waals surface area contributed by atoms with Gasteiger partial charge in [0.15, 0.2) is 13.1 Å². The van der Waals surface area contributed by atoms with Crippen molar-refractivity contribution in [3.8, 4) is 11.5 Å². The Balaban J connectivity index is 1.80. The van der Waals surface area contributed by atoms with Gasteiger partial charge in [0.25, 0.3) is 11.8 Å². The van der Waals surface area contributed by atoms with Gasteiger partial charge < -0.3 is 20.3 Å². The Labute approximate surface area is 154 Å². The summed E-state index contributed by atoms with van der Waals surface area (Å²) in [5, 5.41) is 5.65. The second-order valence-corrected chi connectivity index (χ2v) is 6.52. The zero-order valence-corrected chi connectivity index (χ0v) is 15.4. The van der Waals surface area contributed by atoms with Gasteiger partial charge in [-0.15, -0.1) is 0 Å². The molecule has 6 heteroatoms. The first-order chi connectivity index (χ1) is 12.4. The van der Waals surface area contributed by atoms with Crippen LogP contribution < -0.4 is 20.3 Å². The van der Waals surface area contributed by atoms with Crippen molar-refractivity contribution in [3.05, 3.63) is 54.6 Å². The van der Waals surface area contributed by atoms with Crippen LogP contribution in [0.2, 0.25) is 0 Å². The highest BCUT2D eigenvalue weighted by Gasteiger charge is 2.14. The van der Waals surface area contributed by atoms with Gasteiger partial charge in [-0.2, -0.15) is 0 Å². The fraction of sp³-hybridized carbons (Fsp3) is 0.300. The van der Waals surface area contributed by atoms with E-state index in [1.807, 2.05) is 51.2 Å². The Morgan fingerprint density at radius 1 is 0.923 bits per heavy atom. The summed E-state index contributed by atoms with van der Waals surface area (Å²) in [6, 6.07) is 16.8. The Morgan fingerprint density at radius 3 is 2.12 bits per heavy atom. The van der Waals surface area contributed by atoms with Crippen LogP contribution in [0, 0.1) is 0 Å². The van der Waals surface area contributed by atoms with Crippen molar-refractivity contribution >= 4 is 17.5 Å². The van der Waals surface area contributed by atoms with E-state index in [0.717, 1.165) is 10.6 Å². The average Bonchev–Trinajstić information content (AvgIpc) is 2.56. The topological polar surface area (TPSA) is 71.9 Å². The molecule has 0 bridgehead atoms. The molecule has 1 unspecified atom stereocenters. The Morgan fingerprint density at radius 2 is 1.50 bits per heavy atom. The van der Waals surface area contributed by atoms with E-state index >= 15 is 0 Å². The molecule has 138 valence electrons. The molecule has 6 nitrogen and oxygen atoms in total.